The molecule has 0 saturated heterocycles. The molecule has 1 aliphatic rings. The van der Waals surface area contributed by atoms with E-state index in [0.717, 1.165) is 31.2 Å². The molecular formula is C21H22FN3O2S. The van der Waals surface area contributed by atoms with Gasteiger partial charge in [-0.1, -0.05) is 25.0 Å². The number of amides is 1. The van der Waals surface area contributed by atoms with E-state index in [1.54, 1.807) is 18.2 Å². The molecule has 0 spiro atoms. The molecule has 0 aliphatic heterocycles. The molecule has 0 unspecified atom stereocenters. The normalized spacial score (nSPS) is 15.8. The molecule has 1 N–H and O–H groups in total. The molecule has 1 saturated carbocycles. The number of nitrogens with one attached hydrogen (secondary N) is 1. The molecule has 146 valence electrons. The lowest BCUT2D eigenvalue weighted by Crippen LogP contribution is -2.34. The number of rotatable bonds is 6. The highest BCUT2D eigenvalue weighted by Crippen LogP contribution is 2.35. The molecule has 1 aliphatic carbocycles. The number of thiophene rings is 1. The van der Waals surface area contributed by atoms with Crippen molar-refractivity contribution in [2.45, 2.75) is 44.7 Å². The number of carbonyl (C=O) groups excluding carboxylic acids is 1. The van der Waals surface area contributed by atoms with E-state index in [0.29, 0.717) is 16.1 Å². The van der Waals surface area contributed by atoms with Crippen LogP contribution in [0.15, 0.2) is 46.8 Å². The number of carbonyl (C=O) groups is 1. The van der Waals surface area contributed by atoms with Crippen molar-refractivity contribution in [2.24, 2.45) is 5.92 Å². The Hall–Kier alpha value is -2.54. The molecule has 28 heavy (non-hydrogen) atoms. The van der Waals surface area contributed by atoms with Crippen molar-refractivity contribution < 1.29 is 9.18 Å². The second kappa shape index (κ2) is 8.22. The fraction of sp³-hybridized carbons (Fsp3) is 0.381. The van der Waals surface area contributed by atoms with E-state index >= 15 is 0 Å². The van der Waals surface area contributed by atoms with Gasteiger partial charge in [0.1, 0.15) is 10.6 Å². The van der Waals surface area contributed by atoms with Gasteiger partial charge in [-0.25, -0.2) is 9.37 Å². The number of benzene rings is 1. The molecule has 3 aromatic rings. The first-order valence-electron chi connectivity index (χ1n) is 9.59. The number of hydrogen-bond donors (Lipinski definition) is 1. The van der Waals surface area contributed by atoms with Gasteiger partial charge in [0.15, 0.2) is 0 Å². The lowest BCUT2D eigenvalue weighted by molar-refractivity contribution is -0.122. The van der Waals surface area contributed by atoms with E-state index < -0.39 is 0 Å². The van der Waals surface area contributed by atoms with Crippen molar-refractivity contribution in [1.82, 2.24) is 14.9 Å². The summed E-state index contributed by atoms with van der Waals surface area (Å²) in [6.07, 6.45) is 6.12. The van der Waals surface area contributed by atoms with Crippen molar-refractivity contribution >= 4 is 27.5 Å². The van der Waals surface area contributed by atoms with Crippen molar-refractivity contribution in [1.29, 1.82) is 0 Å². The molecular weight excluding hydrogens is 377 g/mol. The molecule has 2 aromatic heterocycles. The topological polar surface area (TPSA) is 64.0 Å². The summed E-state index contributed by atoms with van der Waals surface area (Å²) < 4.78 is 14.8. The zero-order valence-corrected chi connectivity index (χ0v) is 16.3. The third-order valence-electron chi connectivity index (χ3n) is 5.45. The highest BCUT2D eigenvalue weighted by molar-refractivity contribution is 7.16. The first-order valence-corrected chi connectivity index (χ1v) is 10.5. The molecule has 7 heteroatoms. The number of fused-ring (bicyclic) bond motifs is 1. The van der Waals surface area contributed by atoms with Crippen LogP contribution in [0.1, 0.15) is 43.7 Å². The van der Waals surface area contributed by atoms with Gasteiger partial charge in [0.05, 0.1) is 17.8 Å². The smallest absolute Gasteiger partial charge is 0.262 e. The molecule has 5 nitrogen and oxygen atoms in total. The summed E-state index contributed by atoms with van der Waals surface area (Å²) in [5, 5.41) is 5.55. The van der Waals surface area contributed by atoms with Crippen LogP contribution in [0, 0.1) is 11.7 Å². The van der Waals surface area contributed by atoms with Gasteiger partial charge in [0.2, 0.25) is 5.91 Å². The highest BCUT2D eigenvalue weighted by atomic mass is 32.1. The van der Waals surface area contributed by atoms with E-state index in [-0.39, 0.29) is 36.3 Å². The summed E-state index contributed by atoms with van der Waals surface area (Å²) in [5.41, 5.74) is 0.810. The highest BCUT2D eigenvalue weighted by Gasteiger charge is 2.27. The van der Waals surface area contributed by atoms with Crippen LogP contribution in [0.4, 0.5) is 4.39 Å². The molecule has 2 heterocycles. The average Bonchev–Trinajstić information content (AvgIpc) is 3.38. The molecule has 1 amide bonds. The Morgan fingerprint density at radius 1 is 1.25 bits per heavy atom. The van der Waals surface area contributed by atoms with Gasteiger partial charge in [-0.05, 0) is 47.9 Å². The van der Waals surface area contributed by atoms with Crippen LogP contribution < -0.4 is 10.9 Å². The summed E-state index contributed by atoms with van der Waals surface area (Å²) >= 11 is 1.43. The Kier molecular flexibility index (Phi) is 5.52. The third kappa shape index (κ3) is 3.99. The molecule has 0 radical (unpaired) electrons. The van der Waals surface area contributed by atoms with Crippen LogP contribution in [0.2, 0.25) is 0 Å². The summed E-state index contributed by atoms with van der Waals surface area (Å²) in [6, 6.07) is 8.01. The second-order valence-electron chi connectivity index (χ2n) is 7.27. The number of aryl methyl sites for hydroxylation is 1. The Morgan fingerprint density at radius 2 is 2.00 bits per heavy atom. The molecule has 1 fully saturated rings. The van der Waals surface area contributed by atoms with Crippen LogP contribution in [0.5, 0.6) is 0 Å². The Labute approximate surface area is 166 Å². The van der Waals surface area contributed by atoms with E-state index in [9.17, 15) is 14.0 Å². The SMILES string of the molecule is O=C(CCn1cnc2sccc2c1=O)N[C@H](c1ccc(F)cc1)C1CCCC1. The average molecular weight is 399 g/mol. The van der Waals surface area contributed by atoms with Crippen molar-refractivity contribution in [2.75, 3.05) is 0 Å². The van der Waals surface area contributed by atoms with Crippen molar-refractivity contribution in [3.63, 3.8) is 0 Å². The predicted octanol–water partition coefficient (Wildman–Crippen LogP) is 4.03. The van der Waals surface area contributed by atoms with Gasteiger partial charge in [0, 0.05) is 13.0 Å². The monoisotopic (exact) mass is 399 g/mol. The van der Waals surface area contributed by atoms with E-state index in [1.165, 1.54) is 34.4 Å². The summed E-state index contributed by atoms with van der Waals surface area (Å²) in [7, 11) is 0. The van der Waals surface area contributed by atoms with Crippen LogP contribution in [-0.2, 0) is 11.3 Å². The van der Waals surface area contributed by atoms with Gasteiger partial charge < -0.3 is 5.32 Å². The lowest BCUT2D eigenvalue weighted by atomic mass is 9.91. The minimum Gasteiger partial charge on any atom is -0.349 e. The zero-order chi connectivity index (χ0) is 19.5. The maximum atomic E-state index is 13.3. The molecule has 0 bridgehead atoms. The maximum absolute atomic E-state index is 13.3. The fourth-order valence-electron chi connectivity index (χ4n) is 3.95. The summed E-state index contributed by atoms with van der Waals surface area (Å²) in [4.78, 5) is 30.1. The maximum Gasteiger partial charge on any atom is 0.262 e. The minimum atomic E-state index is -0.282. The van der Waals surface area contributed by atoms with Gasteiger partial charge in [-0.3, -0.25) is 14.2 Å². The van der Waals surface area contributed by atoms with Gasteiger partial charge in [0.25, 0.3) is 5.56 Å². The molecule has 4 rings (SSSR count). The van der Waals surface area contributed by atoms with E-state index in [1.807, 2.05) is 5.38 Å². The Morgan fingerprint density at radius 3 is 2.75 bits per heavy atom. The standard InChI is InChI=1S/C21H22FN3O2S/c22-16-7-5-15(6-8-16)19(14-3-1-2-4-14)24-18(26)9-11-25-13-23-20-17(21(25)27)10-12-28-20/h5-8,10,12-14,19H,1-4,9,11H2,(H,24,26)/t19-/m0/s1. The summed E-state index contributed by atoms with van der Waals surface area (Å²) in [6.45, 7) is 0.282. The molecule has 1 atom stereocenters. The quantitative estimate of drug-likeness (QED) is 0.681. The minimum absolute atomic E-state index is 0.112. The third-order valence-corrected chi connectivity index (χ3v) is 6.27. The first kappa shape index (κ1) is 18.8. The van der Waals surface area contributed by atoms with Crippen LogP contribution >= 0.6 is 11.3 Å². The van der Waals surface area contributed by atoms with Crippen LogP contribution in [0.3, 0.4) is 0 Å². The van der Waals surface area contributed by atoms with E-state index in [2.05, 4.69) is 10.3 Å². The largest absolute Gasteiger partial charge is 0.349 e. The second-order valence-corrected chi connectivity index (χ2v) is 8.17. The fourth-order valence-corrected chi connectivity index (χ4v) is 4.68. The molecule has 1 aromatic carbocycles. The number of hydrogen-bond acceptors (Lipinski definition) is 4. The van der Waals surface area contributed by atoms with Crippen LogP contribution in [-0.4, -0.2) is 15.5 Å². The van der Waals surface area contributed by atoms with Gasteiger partial charge >= 0.3 is 0 Å². The summed E-state index contributed by atoms with van der Waals surface area (Å²) in [5.74, 6) is -0.0320. The number of nitrogens with zero attached hydrogens (tertiary/aromatic N) is 2. The van der Waals surface area contributed by atoms with Gasteiger partial charge in [-0.2, -0.15) is 0 Å². The van der Waals surface area contributed by atoms with Gasteiger partial charge in [-0.15, -0.1) is 11.3 Å². The van der Waals surface area contributed by atoms with Crippen molar-refractivity contribution in [3.05, 3.63) is 63.8 Å². The lowest BCUT2D eigenvalue weighted by Gasteiger charge is -2.25. The number of halogens is 1. The Balaban J connectivity index is 1.45. The van der Waals surface area contributed by atoms with Crippen LogP contribution in [0.25, 0.3) is 10.2 Å². The Bertz CT molecular complexity index is 1020. The first-order chi connectivity index (χ1) is 13.6. The van der Waals surface area contributed by atoms with Crippen molar-refractivity contribution in [3.8, 4) is 0 Å². The zero-order valence-electron chi connectivity index (χ0n) is 15.4. The number of aromatic nitrogens is 2. The predicted molar refractivity (Wildman–Crippen MR) is 108 cm³/mol. The van der Waals surface area contributed by atoms with E-state index in [4.69, 9.17) is 0 Å².